The number of esters is 1. The first-order chi connectivity index (χ1) is 11.3. The van der Waals surface area contributed by atoms with Crippen molar-refractivity contribution in [2.45, 2.75) is 51.2 Å². The van der Waals surface area contributed by atoms with Gasteiger partial charge in [0.1, 0.15) is 6.54 Å². The molecule has 0 aromatic carbocycles. The summed E-state index contributed by atoms with van der Waals surface area (Å²) in [6, 6.07) is -0.434. The molecule has 2 saturated heterocycles. The van der Waals surface area contributed by atoms with Gasteiger partial charge in [0.15, 0.2) is 15.9 Å². The minimum atomic E-state index is -3.09. The Kier molecular flexibility index (Phi) is 6.20. The van der Waals surface area contributed by atoms with Gasteiger partial charge in [-0.05, 0) is 26.2 Å². The van der Waals surface area contributed by atoms with Crippen molar-refractivity contribution in [1.82, 2.24) is 10.2 Å². The molecule has 0 unspecified atom stereocenters. The quantitative estimate of drug-likeness (QED) is 0.670. The summed E-state index contributed by atoms with van der Waals surface area (Å²) in [7, 11) is -3.09. The maximum Gasteiger partial charge on any atom is 0.326 e. The third kappa shape index (κ3) is 5.47. The predicted molar refractivity (Wildman–Crippen MR) is 85.8 cm³/mol. The zero-order chi connectivity index (χ0) is 17.7. The monoisotopic (exact) mass is 360 g/mol. The van der Waals surface area contributed by atoms with Crippen molar-refractivity contribution < 1.29 is 27.5 Å². The summed E-state index contributed by atoms with van der Waals surface area (Å²) in [5.41, 5.74) is 0. The van der Waals surface area contributed by atoms with Gasteiger partial charge < -0.3 is 15.0 Å². The number of amides is 2. The van der Waals surface area contributed by atoms with E-state index in [0.717, 1.165) is 19.3 Å². The molecule has 0 radical (unpaired) electrons. The first-order valence-corrected chi connectivity index (χ1v) is 10.1. The van der Waals surface area contributed by atoms with E-state index in [9.17, 15) is 22.8 Å². The first-order valence-electron chi connectivity index (χ1n) is 8.25. The Morgan fingerprint density at radius 3 is 2.75 bits per heavy atom. The fraction of sp³-hybridized carbons (Fsp3) is 0.800. The summed E-state index contributed by atoms with van der Waals surface area (Å²) in [6.45, 7) is 1.80. The van der Waals surface area contributed by atoms with Gasteiger partial charge in [0.05, 0.1) is 11.5 Å². The van der Waals surface area contributed by atoms with Crippen LogP contribution in [0.25, 0.3) is 0 Å². The molecule has 2 atom stereocenters. The van der Waals surface area contributed by atoms with Crippen LogP contribution in [0.1, 0.15) is 39.0 Å². The number of nitrogens with one attached hydrogen (secondary N) is 1. The van der Waals surface area contributed by atoms with Crippen LogP contribution in [-0.4, -0.2) is 67.8 Å². The molecule has 0 spiro atoms. The van der Waals surface area contributed by atoms with Crippen LogP contribution < -0.4 is 5.32 Å². The van der Waals surface area contributed by atoms with E-state index in [1.54, 1.807) is 0 Å². The third-order valence-electron chi connectivity index (χ3n) is 4.25. The maximum atomic E-state index is 12.0. The second-order valence-corrected chi connectivity index (χ2v) is 8.60. The van der Waals surface area contributed by atoms with Gasteiger partial charge in [0.25, 0.3) is 5.91 Å². The van der Waals surface area contributed by atoms with E-state index in [-0.39, 0.29) is 24.0 Å². The van der Waals surface area contributed by atoms with E-state index in [0.29, 0.717) is 19.4 Å². The van der Waals surface area contributed by atoms with Gasteiger partial charge in [-0.1, -0.05) is 6.42 Å². The SMILES string of the molecule is C[C@H](OC(=O)CN1CCCCCC1=O)C(=O)N[C@@H]1CCS(=O)(=O)C1. The molecule has 0 aromatic heterocycles. The van der Waals surface area contributed by atoms with Gasteiger partial charge in [-0.15, -0.1) is 0 Å². The Labute approximate surface area is 141 Å². The van der Waals surface area contributed by atoms with Gasteiger partial charge in [-0.25, -0.2) is 8.42 Å². The lowest BCUT2D eigenvalue weighted by atomic mass is 10.2. The highest BCUT2D eigenvalue weighted by Gasteiger charge is 2.31. The van der Waals surface area contributed by atoms with Gasteiger partial charge in [-0.3, -0.25) is 14.4 Å². The van der Waals surface area contributed by atoms with Crippen LogP contribution in [-0.2, 0) is 29.0 Å². The minimum absolute atomic E-state index is 0.0587. The Hall–Kier alpha value is -1.64. The Morgan fingerprint density at radius 1 is 1.33 bits per heavy atom. The maximum absolute atomic E-state index is 12.0. The molecule has 0 saturated carbocycles. The Morgan fingerprint density at radius 2 is 2.08 bits per heavy atom. The number of carbonyl (C=O) groups is 3. The lowest BCUT2D eigenvalue weighted by molar-refractivity contribution is -0.157. The largest absolute Gasteiger partial charge is 0.451 e. The Balaban J connectivity index is 1.78. The molecular weight excluding hydrogens is 336 g/mol. The van der Waals surface area contributed by atoms with Crippen molar-refractivity contribution >= 4 is 27.6 Å². The van der Waals surface area contributed by atoms with Crippen molar-refractivity contribution in [2.24, 2.45) is 0 Å². The molecule has 8 nitrogen and oxygen atoms in total. The summed E-state index contributed by atoms with van der Waals surface area (Å²) in [6.07, 6.45) is 2.41. The van der Waals surface area contributed by atoms with Crippen LogP contribution >= 0.6 is 0 Å². The average molecular weight is 360 g/mol. The number of hydrogen-bond acceptors (Lipinski definition) is 6. The van der Waals surface area contributed by atoms with Crippen molar-refractivity contribution in [2.75, 3.05) is 24.6 Å². The summed E-state index contributed by atoms with van der Waals surface area (Å²) in [4.78, 5) is 37.2. The van der Waals surface area contributed by atoms with Crippen LogP contribution in [0.2, 0.25) is 0 Å². The fourth-order valence-electron chi connectivity index (χ4n) is 2.88. The van der Waals surface area contributed by atoms with E-state index in [1.807, 2.05) is 0 Å². The molecule has 2 aliphatic heterocycles. The molecule has 0 bridgehead atoms. The smallest absolute Gasteiger partial charge is 0.326 e. The summed E-state index contributed by atoms with van der Waals surface area (Å²) in [5.74, 6) is -1.25. The highest BCUT2D eigenvalue weighted by atomic mass is 32.2. The standard InChI is InChI=1S/C15H24N2O6S/c1-11(15(20)16-12-6-8-24(21,22)10-12)23-14(19)9-17-7-4-2-3-5-13(17)18/h11-12H,2-10H2,1H3,(H,16,20)/t11-,12+/m0/s1. The highest BCUT2D eigenvalue weighted by molar-refractivity contribution is 7.91. The molecule has 2 amide bonds. The second-order valence-electron chi connectivity index (χ2n) is 6.37. The number of nitrogens with zero attached hydrogens (tertiary/aromatic N) is 1. The lowest BCUT2D eigenvalue weighted by Gasteiger charge is -2.21. The van der Waals surface area contributed by atoms with Gasteiger partial charge >= 0.3 is 5.97 Å². The fourth-order valence-corrected chi connectivity index (χ4v) is 4.55. The van der Waals surface area contributed by atoms with Crippen molar-refractivity contribution in [3.63, 3.8) is 0 Å². The number of sulfone groups is 1. The topological polar surface area (TPSA) is 110 Å². The third-order valence-corrected chi connectivity index (χ3v) is 6.02. The average Bonchev–Trinajstić information content (AvgIpc) is 2.70. The first kappa shape index (κ1) is 18.7. The minimum Gasteiger partial charge on any atom is -0.451 e. The van der Waals surface area contributed by atoms with Gasteiger partial charge in [0.2, 0.25) is 5.91 Å². The molecule has 2 fully saturated rings. The van der Waals surface area contributed by atoms with Gasteiger partial charge in [0, 0.05) is 19.0 Å². The van der Waals surface area contributed by atoms with E-state index in [1.165, 1.54) is 11.8 Å². The lowest BCUT2D eigenvalue weighted by Crippen LogP contribution is -2.44. The Bertz CT molecular complexity index is 603. The van der Waals surface area contributed by atoms with Crippen molar-refractivity contribution in [3.05, 3.63) is 0 Å². The summed E-state index contributed by atoms with van der Waals surface area (Å²) >= 11 is 0. The van der Waals surface area contributed by atoms with Crippen LogP contribution in [0.5, 0.6) is 0 Å². The molecule has 1 N–H and O–H groups in total. The van der Waals surface area contributed by atoms with Gasteiger partial charge in [-0.2, -0.15) is 0 Å². The number of likely N-dealkylation sites (tertiary alicyclic amines) is 1. The molecule has 2 heterocycles. The van der Waals surface area contributed by atoms with Crippen LogP contribution in [0.4, 0.5) is 0 Å². The number of rotatable bonds is 5. The van der Waals surface area contributed by atoms with Crippen molar-refractivity contribution in [3.8, 4) is 0 Å². The second kappa shape index (κ2) is 7.96. The number of ether oxygens (including phenoxy) is 1. The molecule has 136 valence electrons. The summed E-state index contributed by atoms with van der Waals surface area (Å²) in [5, 5.41) is 2.59. The highest BCUT2D eigenvalue weighted by Crippen LogP contribution is 2.13. The van der Waals surface area contributed by atoms with E-state index < -0.39 is 33.9 Å². The predicted octanol–water partition coefficient (Wildman–Crippen LogP) is -0.376. The number of hydrogen-bond donors (Lipinski definition) is 1. The molecule has 0 aliphatic carbocycles. The molecule has 9 heteroatoms. The number of carbonyl (C=O) groups excluding carboxylic acids is 3. The zero-order valence-corrected chi connectivity index (χ0v) is 14.6. The summed E-state index contributed by atoms with van der Waals surface area (Å²) < 4.78 is 27.8. The molecular formula is C15H24N2O6S. The van der Waals surface area contributed by atoms with Crippen LogP contribution in [0, 0.1) is 0 Å². The van der Waals surface area contributed by atoms with Crippen molar-refractivity contribution in [1.29, 1.82) is 0 Å². The van der Waals surface area contributed by atoms with E-state index >= 15 is 0 Å². The normalized spacial score (nSPS) is 25.0. The molecule has 2 rings (SSSR count). The van der Waals surface area contributed by atoms with Crippen LogP contribution in [0.3, 0.4) is 0 Å². The molecule has 0 aromatic rings. The zero-order valence-electron chi connectivity index (χ0n) is 13.8. The molecule has 2 aliphatic rings. The van der Waals surface area contributed by atoms with E-state index in [2.05, 4.69) is 5.32 Å². The van der Waals surface area contributed by atoms with Crippen LogP contribution in [0.15, 0.2) is 0 Å². The van der Waals surface area contributed by atoms with E-state index in [4.69, 9.17) is 4.74 Å². The molecule has 24 heavy (non-hydrogen) atoms.